The molecule has 0 aliphatic carbocycles. The molecule has 138 valence electrons. The maximum Gasteiger partial charge on any atom is 0.248 e. The fourth-order valence-electron chi connectivity index (χ4n) is 2.10. The van der Waals surface area contributed by atoms with E-state index in [-0.39, 0.29) is 23.9 Å². The Morgan fingerprint density at radius 2 is 1.69 bits per heavy atom. The molecular formula is C18H19FN2O4S. The number of rotatable bonds is 7. The highest BCUT2D eigenvalue weighted by Crippen LogP contribution is 2.27. The van der Waals surface area contributed by atoms with Crippen LogP contribution in [0.5, 0.6) is 11.5 Å². The Hall–Kier alpha value is -2.74. The average molecular weight is 378 g/mol. The van der Waals surface area contributed by atoms with E-state index >= 15 is 0 Å². The van der Waals surface area contributed by atoms with Crippen molar-refractivity contribution in [2.45, 2.75) is 11.3 Å². The number of thioether (sulfide) groups is 1. The lowest BCUT2D eigenvalue weighted by Gasteiger charge is -2.10. The second-order valence-electron chi connectivity index (χ2n) is 5.18. The van der Waals surface area contributed by atoms with Crippen molar-refractivity contribution in [3.63, 3.8) is 0 Å². The van der Waals surface area contributed by atoms with E-state index in [0.29, 0.717) is 22.0 Å². The molecule has 0 aliphatic rings. The molecule has 0 aromatic heterocycles. The van der Waals surface area contributed by atoms with Gasteiger partial charge in [0.2, 0.25) is 11.8 Å². The number of carbonyl (C=O) groups excluding carboxylic acids is 2. The van der Waals surface area contributed by atoms with E-state index in [0.717, 1.165) is 11.8 Å². The van der Waals surface area contributed by atoms with Crippen LogP contribution in [0.1, 0.15) is 5.56 Å². The third kappa shape index (κ3) is 5.66. The van der Waals surface area contributed by atoms with Crippen molar-refractivity contribution in [3.8, 4) is 11.5 Å². The van der Waals surface area contributed by atoms with Crippen molar-refractivity contribution in [2.24, 2.45) is 0 Å². The lowest BCUT2D eigenvalue weighted by Crippen LogP contribution is -2.43. The quantitative estimate of drug-likeness (QED) is 0.571. The first kappa shape index (κ1) is 19.6. The highest BCUT2D eigenvalue weighted by molar-refractivity contribution is 8.00. The first-order chi connectivity index (χ1) is 12.5. The molecule has 0 saturated heterocycles. The number of hydrogen-bond donors (Lipinski definition) is 2. The van der Waals surface area contributed by atoms with Gasteiger partial charge in [0.05, 0.1) is 26.4 Å². The molecule has 0 saturated carbocycles. The van der Waals surface area contributed by atoms with Gasteiger partial charge >= 0.3 is 0 Å². The third-order valence-electron chi connectivity index (χ3n) is 3.35. The van der Waals surface area contributed by atoms with Crippen molar-refractivity contribution in [2.75, 3.05) is 20.0 Å². The van der Waals surface area contributed by atoms with Gasteiger partial charge in [-0.3, -0.25) is 20.4 Å². The Morgan fingerprint density at radius 1 is 1.00 bits per heavy atom. The number of amides is 2. The smallest absolute Gasteiger partial charge is 0.248 e. The van der Waals surface area contributed by atoms with Gasteiger partial charge in [-0.1, -0.05) is 18.2 Å². The maximum atomic E-state index is 13.5. The van der Waals surface area contributed by atoms with Gasteiger partial charge in [-0.05, 0) is 29.8 Å². The monoisotopic (exact) mass is 378 g/mol. The summed E-state index contributed by atoms with van der Waals surface area (Å²) in [4.78, 5) is 24.1. The van der Waals surface area contributed by atoms with Crippen LogP contribution in [-0.4, -0.2) is 31.8 Å². The van der Waals surface area contributed by atoms with Crippen LogP contribution in [0.2, 0.25) is 0 Å². The molecule has 0 fully saturated rings. The summed E-state index contributed by atoms with van der Waals surface area (Å²) in [7, 11) is 3.04. The number of benzene rings is 2. The summed E-state index contributed by atoms with van der Waals surface area (Å²) in [6.07, 6.45) is 0.0566. The van der Waals surface area contributed by atoms with E-state index in [1.807, 2.05) is 0 Å². The number of ether oxygens (including phenoxy) is 2. The highest BCUT2D eigenvalue weighted by atomic mass is 32.2. The second kappa shape index (κ2) is 9.67. The molecule has 0 spiro atoms. The van der Waals surface area contributed by atoms with Crippen molar-refractivity contribution in [3.05, 3.63) is 53.8 Å². The fourth-order valence-corrected chi connectivity index (χ4v) is 2.84. The van der Waals surface area contributed by atoms with Gasteiger partial charge in [0.1, 0.15) is 5.82 Å². The minimum Gasteiger partial charge on any atom is -0.493 e. The van der Waals surface area contributed by atoms with E-state index in [9.17, 15) is 14.0 Å². The molecule has 2 N–H and O–H groups in total. The molecular weight excluding hydrogens is 359 g/mol. The summed E-state index contributed by atoms with van der Waals surface area (Å²) in [6.45, 7) is 0. The van der Waals surface area contributed by atoms with E-state index in [1.165, 1.54) is 20.3 Å². The zero-order valence-corrected chi connectivity index (χ0v) is 15.2. The van der Waals surface area contributed by atoms with E-state index < -0.39 is 5.91 Å². The highest BCUT2D eigenvalue weighted by Gasteiger charge is 2.10. The number of halogens is 1. The lowest BCUT2D eigenvalue weighted by molar-refractivity contribution is -0.127. The summed E-state index contributed by atoms with van der Waals surface area (Å²) in [5.74, 6) is -0.140. The fraction of sp³-hybridized carbons (Fsp3) is 0.222. The molecule has 0 bridgehead atoms. The van der Waals surface area contributed by atoms with E-state index in [2.05, 4.69) is 10.9 Å². The molecule has 0 unspecified atom stereocenters. The summed E-state index contributed by atoms with van der Waals surface area (Å²) in [5, 5.41) is 0. The van der Waals surface area contributed by atoms with Crippen LogP contribution in [-0.2, 0) is 16.0 Å². The van der Waals surface area contributed by atoms with Gasteiger partial charge in [-0.2, -0.15) is 0 Å². The molecule has 2 aromatic rings. The Balaban J connectivity index is 1.79. The summed E-state index contributed by atoms with van der Waals surface area (Å²) < 4.78 is 23.8. The van der Waals surface area contributed by atoms with Crippen molar-refractivity contribution < 1.29 is 23.5 Å². The molecule has 8 heteroatoms. The summed E-state index contributed by atoms with van der Waals surface area (Å²) in [6, 6.07) is 11.3. The van der Waals surface area contributed by atoms with Gasteiger partial charge < -0.3 is 9.47 Å². The molecule has 2 rings (SSSR count). The molecule has 0 radical (unpaired) electrons. The predicted octanol–water partition coefficient (Wildman–Crippen LogP) is 2.33. The first-order valence-electron chi connectivity index (χ1n) is 7.69. The van der Waals surface area contributed by atoms with Crippen LogP contribution in [0.4, 0.5) is 4.39 Å². The van der Waals surface area contributed by atoms with Crippen molar-refractivity contribution >= 4 is 23.6 Å². The molecule has 0 heterocycles. The Bertz CT molecular complexity index is 786. The molecule has 26 heavy (non-hydrogen) atoms. The SMILES string of the molecule is COc1ccc(CC(=O)NNC(=O)CSc2ccccc2F)cc1OC. The van der Waals surface area contributed by atoms with Gasteiger partial charge in [0.25, 0.3) is 0 Å². The number of nitrogens with one attached hydrogen (secondary N) is 2. The number of hydrazine groups is 1. The Kier molecular flexibility index (Phi) is 7.28. The van der Waals surface area contributed by atoms with Gasteiger partial charge in [-0.15, -0.1) is 11.8 Å². The maximum absolute atomic E-state index is 13.5. The van der Waals surface area contributed by atoms with Gasteiger partial charge in [0, 0.05) is 4.90 Å². The minimum absolute atomic E-state index is 0.0163. The standard InChI is InChI=1S/C18H19FN2O4S/c1-24-14-8-7-12(9-15(14)25-2)10-17(22)20-21-18(23)11-26-16-6-4-3-5-13(16)19/h3-9H,10-11H2,1-2H3,(H,20,22)(H,21,23). The van der Waals surface area contributed by atoms with Gasteiger partial charge in [0.15, 0.2) is 11.5 Å². The van der Waals surface area contributed by atoms with E-state index in [4.69, 9.17) is 9.47 Å². The van der Waals surface area contributed by atoms with Crippen LogP contribution in [0.15, 0.2) is 47.4 Å². The van der Waals surface area contributed by atoms with Crippen LogP contribution in [0.25, 0.3) is 0 Å². The molecule has 2 aromatic carbocycles. The zero-order valence-electron chi connectivity index (χ0n) is 14.4. The van der Waals surface area contributed by atoms with Crippen LogP contribution < -0.4 is 20.3 Å². The molecule has 0 aliphatic heterocycles. The van der Waals surface area contributed by atoms with Crippen LogP contribution in [0, 0.1) is 5.82 Å². The van der Waals surface area contributed by atoms with Crippen LogP contribution in [0.3, 0.4) is 0 Å². The Morgan fingerprint density at radius 3 is 2.38 bits per heavy atom. The van der Waals surface area contributed by atoms with Crippen molar-refractivity contribution in [1.82, 2.24) is 10.9 Å². The van der Waals surface area contributed by atoms with Crippen molar-refractivity contribution in [1.29, 1.82) is 0 Å². The first-order valence-corrected chi connectivity index (χ1v) is 8.68. The number of carbonyl (C=O) groups is 2. The lowest BCUT2D eigenvalue weighted by atomic mass is 10.1. The molecule has 2 amide bonds. The number of methoxy groups -OCH3 is 2. The minimum atomic E-state index is -0.432. The topological polar surface area (TPSA) is 76.7 Å². The predicted molar refractivity (Wildman–Crippen MR) is 96.7 cm³/mol. The second-order valence-corrected chi connectivity index (χ2v) is 6.20. The van der Waals surface area contributed by atoms with E-state index in [1.54, 1.807) is 36.4 Å². The summed E-state index contributed by atoms with van der Waals surface area (Å²) >= 11 is 1.05. The largest absolute Gasteiger partial charge is 0.493 e. The molecule has 0 atom stereocenters. The Labute approximate surface area is 155 Å². The average Bonchev–Trinajstić information content (AvgIpc) is 2.65. The zero-order chi connectivity index (χ0) is 18.9. The third-order valence-corrected chi connectivity index (χ3v) is 4.40. The molecule has 6 nitrogen and oxygen atoms in total. The number of hydrogen-bond acceptors (Lipinski definition) is 5. The summed E-state index contributed by atoms with van der Waals surface area (Å²) in [5.41, 5.74) is 5.34. The normalized spacial score (nSPS) is 10.1. The van der Waals surface area contributed by atoms with Gasteiger partial charge in [-0.25, -0.2) is 4.39 Å². The van der Waals surface area contributed by atoms with Crippen LogP contribution >= 0.6 is 11.8 Å².